The maximum absolute atomic E-state index is 13.6. The van der Waals surface area contributed by atoms with Crippen LogP contribution in [0, 0.1) is 0 Å². The molecule has 7 nitrogen and oxygen atoms in total. The van der Waals surface area contributed by atoms with Gasteiger partial charge in [-0.25, -0.2) is 0 Å². The van der Waals surface area contributed by atoms with E-state index in [0.717, 1.165) is 38.9 Å². The molecule has 1 atom stereocenters. The molecule has 0 radical (unpaired) electrons. The first-order chi connectivity index (χ1) is 23.7. The third-order valence-corrected chi connectivity index (χ3v) is 9.58. The Balaban J connectivity index is 1.16. The molecule has 1 unspecified atom stereocenters. The highest BCUT2D eigenvalue weighted by molar-refractivity contribution is 8.00. The normalized spacial score (nSPS) is 12.1. The molecule has 0 aliphatic heterocycles. The number of amides is 3. The zero-order valence-electron chi connectivity index (χ0n) is 26.7. The van der Waals surface area contributed by atoms with Crippen molar-refractivity contribution < 1.29 is 14.4 Å². The number of nitrogens with zero attached hydrogens (tertiary/aromatic N) is 1. The van der Waals surface area contributed by atoms with Crippen molar-refractivity contribution in [2.24, 2.45) is 0 Å². The molecule has 10 heteroatoms. The van der Waals surface area contributed by atoms with Crippen LogP contribution in [0.2, 0.25) is 10.0 Å². The molecule has 1 aromatic heterocycles. The van der Waals surface area contributed by atoms with E-state index in [1.54, 1.807) is 66.7 Å². The van der Waals surface area contributed by atoms with Gasteiger partial charge in [0.2, 0.25) is 5.91 Å². The number of carbonyl (C=O) groups excluding carboxylic acids is 3. The number of hydrogen-bond donors (Lipinski definition) is 3. The van der Waals surface area contributed by atoms with Gasteiger partial charge in [0.15, 0.2) is 0 Å². The Bertz CT molecular complexity index is 2230. The van der Waals surface area contributed by atoms with E-state index in [0.29, 0.717) is 26.9 Å². The number of fused-ring (bicyclic) bond motifs is 3. The van der Waals surface area contributed by atoms with E-state index in [2.05, 4.69) is 39.6 Å². The van der Waals surface area contributed by atoms with Gasteiger partial charge < -0.3 is 20.5 Å². The SMILES string of the molecule is CCn1c2ccccc2c2cc(NC(=O)C(C)Sc3cccc(NC(=O)/C(=C\c4ccc(Cl)cc4Cl)NC(=O)c4ccccc4)c3)ccc21. The molecule has 6 rings (SSSR count). The minimum Gasteiger partial charge on any atom is -0.341 e. The summed E-state index contributed by atoms with van der Waals surface area (Å²) in [6, 6.07) is 34.9. The van der Waals surface area contributed by atoms with Gasteiger partial charge in [-0.15, -0.1) is 11.8 Å². The number of thioether (sulfide) groups is 1. The van der Waals surface area contributed by atoms with Crippen molar-refractivity contribution in [1.82, 2.24) is 9.88 Å². The summed E-state index contributed by atoms with van der Waals surface area (Å²) in [5.41, 5.74) is 4.38. The fourth-order valence-electron chi connectivity index (χ4n) is 5.54. The molecule has 3 N–H and O–H groups in total. The van der Waals surface area contributed by atoms with Gasteiger partial charge in [-0.2, -0.15) is 0 Å². The van der Waals surface area contributed by atoms with E-state index in [-0.39, 0.29) is 11.6 Å². The molecule has 3 amide bonds. The van der Waals surface area contributed by atoms with Crippen molar-refractivity contribution in [3.8, 4) is 0 Å². The molecule has 0 bridgehead atoms. The van der Waals surface area contributed by atoms with Gasteiger partial charge in [-0.3, -0.25) is 14.4 Å². The van der Waals surface area contributed by atoms with Crippen molar-refractivity contribution in [1.29, 1.82) is 0 Å². The van der Waals surface area contributed by atoms with E-state index in [1.165, 1.54) is 17.8 Å². The summed E-state index contributed by atoms with van der Waals surface area (Å²) in [4.78, 5) is 40.7. The lowest BCUT2D eigenvalue weighted by atomic mass is 10.1. The number of rotatable bonds is 10. The van der Waals surface area contributed by atoms with E-state index in [4.69, 9.17) is 23.2 Å². The van der Waals surface area contributed by atoms with Gasteiger partial charge in [-0.1, -0.05) is 71.7 Å². The van der Waals surface area contributed by atoms with Crippen LogP contribution in [0.5, 0.6) is 0 Å². The van der Waals surface area contributed by atoms with E-state index in [1.807, 2.05) is 43.3 Å². The average molecular weight is 708 g/mol. The third kappa shape index (κ3) is 7.84. The van der Waals surface area contributed by atoms with Gasteiger partial charge in [0.1, 0.15) is 5.70 Å². The van der Waals surface area contributed by atoms with Crippen LogP contribution in [0.25, 0.3) is 27.9 Å². The fraction of sp³-hybridized carbons (Fsp3) is 0.103. The number of nitrogens with one attached hydrogen (secondary N) is 3. The number of hydrogen-bond acceptors (Lipinski definition) is 4. The predicted molar refractivity (Wildman–Crippen MR) is 202 cm³/mol. The summed E-state index contributed by atoms with van der Waals surface area (Å²) in [5.74, 6) is -1.15. The maximum Gasteiger partial charge on any atom is 0.272 e. The summed E-state index contributed by atoms with van der Waals surface area (Å²) in [7, 11) is 0. The van der Waals surface area contributed by atoms with Gasteiger partial charge in [0.25, 0.3) is 11.8 Å². The van der Waals surface area contributed by atoms with Crippen LogP contribution in [0.1, 0.15) is 29.8 Å². The molecule has 0 saturated carbocycles. The van der Waals surface area contributed by atoms with Crippen LogP contribution in [0.3, 0.4) is 0 Å². The molecule has 0 aliphatic rings. The van der Waals surface area contributed by atoms with Crippen molar-refractivity contribution in [2.45, 2.75) is 30.5 Å². The largest absolute Gasteiger partial charge is 0.341 e. The Hall–Kier alpha value is -5.02. The van der Waals surface area contributed by atoms with Crippen LogP contribution in [-0.2, 0) is 16.1 Å². The maximum atomic E-state index is 13.6. The van der Waals surface area contributed by atoms with Gasteiger partial charge in [0, 0.05) is 60.2 Å². The lowest BCUT2D eigenvalue weighted by molar-refractivity contribution is -0.115. The molecular weight excluding hydrogens is 675 g/mol. The second-order valence-electron chi connectivity index (χ2n) is 11.3. The third-order valence-electron chi connectivity index (χ3n) is 7.92. The molecule has 0 fully saturated rings. The van der Waals surface area contributed by atoms with Crippen LogP contribution in [0.15, 0.2) is 126 Å². The van der Waals surface area contributed by atoms with Crippen LogP contribution < -0.4 is 16.0 Å². The number of benzene rings is 5. The van der Waals surface area contributed by atoms with E-state index in [9.17, 15) is 14.4 Å². The lowest BCUT2D eigenvalue weighted by Crippen LogP contribution is -2.30. The Kier molecular flexibility index (Phi) is 10.4. The number of para-hydroxylation sites is 1. The first-order valence-electron chi connectivity index (χ1n) is 15.6. The highest BCUT2D eigenvalue weighted by Crippen LogP contribution is 2.32. The minimum absolute atomic E-state index is 0.0112. The van der Waals surface area contributed by atoms with E-state index < -0.39 is 17.1 Å². The Labute approximate surface area is 298 Å². The van der Waals surface area contributed by atoms with Gasteiger partial charge >= 0.3 is 0 Å². The summed E-state index contributed by atoms with van der Waals surface area (Å²) in [6.07, 6.45) is 1.50. The topological polar surface area (TPSA) is 92.2 Å². The summed E-state index contributed by atoms with van der Waals surface area (Å²) >= 11 is 13.8. The highest BCUT2D eigenvalue weighted by atomic mass is 35.5. The first kappa shape index (κ1) is 33.9. The number of aromatic nitrogens is 1. The minimum atomic E-state index is -0.553. The van der Waals surface area contributed by atoms with Crippen molar-refractivity contribution in [2.75, 3.05) is 10.6 Å². The second-order valence-corrected chi connectivity index (χ2v) is 13.5. The summed E-state index contributed by atoms with van der Waals surface area (Å²) in [5, 5.41) is 11.2. The first-order valence-corrected chi connectivity index (χ1v) is 17.3. The number of halogens is 2. The van der Waals surface area contributed by atoms with Crippen molar-refractivity contribution in [3.63, 3.8) is 0 Å². The van der Waals surface area contributed by atoms with E-state index >= 15 is 0 Å². The van der Waals surface area contributed by atoms with Crippen LogP contribution in [0.4, 0.5) is 11.4 Å². The Morgan fingerprint density at radius 2 is 1.51 bits per heavy atom. The smallest absolute Gasteiger partial charge is 0.272 e. The standard InChI is InChI=1S/C39H32Cl2N4O3S/c1-3-45-35-15-8-7-14-31(35)32-23-29(18-19-36(32)45)42-37(46)24(2)49-30-13-9-12-28(22-30)43-39(48)34(20-26-16-17-27(40)21-33(26)41)44-38(47)25-10-5-4-6-11-25/h4-24H,3H2,1-2H3,(H,42,46)(H,43,48)(H,44,47)/b34-20+. The number of carbonyl (C=O) groups is 3. The van der Waals surface area contributed by atoms with Crippen molar-refractivity contribution >= 4 is 91.9 Å². The molecule has 5 aromatic carbocycles. The Morgan fingerprint density at radius 1 is 0.776 bits per heavy atom. The van der Waals surface area contributed by atoms with Gasteiger partial charge in [-0.05, 0) is 92.2 Å². The predicted octanol–water partition coefficient (Wildman–Crippen LogP) is 9.65. The zero-order valence-corrected chi connectivity index (χ0v) is 29.0. The second kappa shape index (κ2) is 15.0. The summed E-state index contributed by atoms with van der Waals surface area (Å²) in [6.45, 7) is 4.81. The van der Waals surface area contributed by atoms with Crippen LogP contribution in [-0.4, -0.2) is 27.5 Å². The molecule has 246 valence electrons. The van der Waals surface area contributed by atoms with Crippen LogP contribution >= 0.6 is 35.0 Å². The molecule has 1 heterocycles. The molecular formula is C39H32Cl2N4O3S. The molecule has 0 saturated heterocycles. The molecule has 6 aromatic rings. The van der Waals surface area contributed by atoms with Gasteiger partial charge in [0.05, 0.1) is 5.25 Å². The molecule has 0 aliphatic carbocycles. The fourth-order valence-corrected chi connectivity index (χ4v) is 6.93. The molecule has 0 spiro atoms. The Morgan fingerprint density at radius 3 is 2.29 bits per heavy atom. The quantitative estimate of drug-likeness (QED) is 0.0977. The lowest BCUT2D eigenvalue weighted by Gasteiger charge is -2.14. The van der Waals surface area contributed by atoms with Crippen molar-refractivity contribution in [3.05, 3.63) is 142 Å². The average Bonchev–Trinajstić information content (AvgIpc) is 3.42. The highest BCUT2D eigenvalue weighted by Gasteiger charge is 2.19. The summed E-state index contributed by atoms with van der Waals surface area (Å²) < 4.78 is 2.27. The zero-order chi connectivity index (χ0) is 34.5. The monoisotopic (exact) mass is 706 g/mol. The molecule has 49 heavy (non-hydrogen) atoms. The number of aryl methyl sites for hydroxylation is 1. The number of anilines is 2.